The molecule has 1 aromatic rings. The molecule has 2 unspecified atom stereocenters. The van der Waals surface area contributed by atoms with Crippen LogP contribution in [0, 0.1) is 0 Å². The lowest BCUT2D eigenvalue weighted by molar-refractivity contribution is 0.0842. The van der Waals surface area contributed by atoms with Crippen LogP contribution in [0.15, 0.2) is 22.9 Å². The van der Waals surface area contributed by atoms with Crippen molar-refractivity contribution in [3.05, 3.63) is 28.5 Å². The quantitative estimate of drug-likeness (QED) is 0.746. The molecule has 1 aliphatic rings. The van der Waals surface area contributed by atoms with Crippen LogP contribution >= 0.6 is 23.5 Å². The lowest BCUT2D eigenvalue weighted by Gasteiger charge is -2.27. The minimum atomic E-state index is -2.87. The van der Waals surface area contributed by atoms with Crippen LogP contribution in [0.1, 0.15) is 18.1 Å². The van der Waals surface area contributed by atoms with Crippen molar-refractivity contribution >= 4 is 23.5 Å². The van der Waals surface area contributed by atoms with Crippen molar-refractivity contribution in [1.29, 1.82) is 0 Å². The number of aromatic nitrogens is 1. The predicted octanol–water partition coefficient (Wildman–Crippen LogP) is 3.15. The average molecular weight is 292 g/mol. The number of hydrogen-bond acceptors (Lipinski definition) is 4. The monoisotopic (exact) mass is 291 g/mol. The van der Waals surface area contributed by atoms with E-state index in [-0.39, 0.29) is 6.10 Å². The number of pyridine rings is 1. The molecule has 1 aliphatic heterocycles. The van der Waals surface area contributed by atoms with Gasteiger partial charge in [-0.3, -0.25) is 9.55 Å². The second-order valence-electron chi connectivity index (χ2n) is 3.42. The fraction of sp³-hybridized carbons (Fsp3) is 0.444. The van der Waals surface area contributed by atoms with Gasteiger partial charge in [0.25, 0.3) is 0 Å². The summed E-state index contributed by atoms with van der Waals surface area (Å²) in [4.78, 5) is 4.05. The van der Waals surface area contributed by atoms with E-state index in [1.807, 2.05) is 6.07 Å². The molecule has 82 valence electrons. The van der Waals surface area contributed by atoms with Crippen LogP contribution in [0.25, 0.3) is 0 Å². The first-order chi connectivity index (χ1) is 7.07. The van der Waals surface area contributed by atoms with Gasteiger partial charge in [-0.15, -0.1) is 0 Å². The van der Waals surface area contributed by atoms with Crippen molar-refractivity contribution in [1.82, 2.24) is 4.98 Å². The molecule has 1 fully saturated rings. The third-order valence-electron chi connectivity index (χ3n) is 2.12. The normalized spacial score (nSPS) is 31.5. The van der Waals surface area contributed by atoms with Crippen LogP contribution < -0.4 is 0 Å². The predicted molar refractivity (Wildman–Crippen MR) is 59.9 cm³/mol. The maximum atomic E-state index is 11.6. The van der Waals surface area contributed by atoms with Gasteiger partial charge in [0.1, 0.15) is 0 Å². The zero-order valence-corrected chi connectivity index (χ0v) is 10.7. The molecular weight excluding hydrogens is 281 g/mol. The standard InChI is InChI=1S/C9H11BrNO3P/c1-15(12)13-3-2-9(14-15)7-4-8(10)6-11-5-7/h4-6,9H,2-3H2,1H3. The van der Waals surface area contributed by atoms with Crippen LogP contribution in [0.3, 0.4) is 0 Å². The van der Waals surface area contributed by atoms with Crippen LogP contribution in [0.2, 0.25) is 0 Å². The Labute approximate surface area is 96.7 Å². The lowest BCUT2D eigenvalue weighted by Crippen LogP contribution is -2.13. The third kappa shape index (κ3) is 2.88. The summed E-state index contributed by atoms with van der Waals surface area (Å²) >= 11 is 3.34. The van der Waals surface area contributed by atoms with E-state index in [2.05, 4.69) is 20.9 Å². The molecule has 0 saturated carbocycles. The highest BCUT2D eigenvalue weighted by atomic mass is 79.9. The van der Waals surface area contributed by atoms with E-state index >= 15 is 0 Å². The van der Waals surface area contributed by atoms with Crippen molar-refractivity contribution in [2.75, 3.05) is 13.3 Å². The van der Waals surface area contributed by atoms with Crippen LogP contribution in [0.4, 0.5) is 0 Å². The zero-order chi connectivity index (χ0) is 10.9. The SMILES string of the molecule is CP1(=O)OCCC(c2cncc(Br)c2)O1. The van der Waals surface area contributed by atoms with Gasteiger partial charge in [-0.1, -0.05) is 0 Å². The largest absolute Gasteiger partial charge is 0.328 e. The summed E-state index contributed by atoms with van der Waals surface area (Å²) in [5.74, 6) is 0. The molecule has 0 spiro atoms. The molecule has 1 saturated heterocycles. The minimum absolute atomic E-state index is 0.181. The van der Waals surface area contributed by atoms with E-state index in [1.165, 1.54) is 6.66 Å². The Kier molecular flexibility index (Phi) is 3.26. The highest BCUT2D eigenvalue weighted by Crippen LogP contribution is 2.52. The molecular formula is C9H11BrNO3P. The molecule has 0 amide bonds. The van der Waals surface area contributed by atoms with Gasteiger partial charge in [0.15, 0.2) is 0 Å². The molecule has 2 heterocycles. The Morgan fingerprint density at radius 2 is 2.40 bits per heavy atom. The molecule has 0 aliphatic carbocycles. The van der Waals surface area contributed by atoms with Crippen LogP contribution in [-0.4, -0.2) is 18.3 Å². The van der Waals surface area contributed by atoms with Crippen molar-refractivity contribution < 1.29 is 13.6 Å². The van der Waals surface area contributed by atoms with E-state index in [0.717, 1.165) is 10.0 Å². The van der Waals surface area contributed by atoms with Crippen molar-refractivity contribution in [3.8, 4) is 0 Å². The third-order valence-corrected chi connectivity index (χ3v) is 3.85. The van der Waals surface area contributed by atoms with E-state index < -0.39 is 7.60 Å². The molecule has 0 N–H and O–H groups in total. The molecule has 0 aromatic carbocycles. The molecule has 1 aromatic heterocycles. The van der Waals surface area contributed by atoms with Crippen LogP contribution in [-0.2, 0) is 13.6 Å². The summed E-state index contributed by atoms with van der Waals surface area (Å²) in [6.45, 7) is 1.95. The van der Waals surface area contributed by atoms with Gasteiger partial charge < -0.3 is 9.05 Å². The summed E-state index contributed by atoms with van der Waals surface area (Å²) in [7, 11) is -2.87. The summed E-state index contributed by atoms with van der Waals surface area (Å²) in [5, 5.41) is 0. The van der Waals surface area contributed by atoms with Gasteiger partial charge in [-0.05, 0) is 22.0 Å². The van der Waals surface area contributed by atoms with Gasteiger partial charge in [0, 0.05) is 35.5 Å². The fourth-order valence-electron chi connectivity index (χ4n) is 1.47. The Balaban J connectivity index is 2.21. The molecule has 2 rings (SSSR count). The molecule has 15 heavy (non-hydrogen) atoms. The number of nitrogens with zero attached hydrogens (tertiary/aromatic N) is 1. The Bertz CT molecular complexity index is 412. The van der Waals surface area contributed by atoms with Gasteiger partial charge in [-0.25, -0.2) is 0 Å². The van der Waals surface area contributed by atoms with Gasteiger partial charge in [-0.2, -0.15) is 0 Å². The summed E-state index contributed by atoms with van der Waals surface area (Å²) in [6.07, 6.45) is 3.95. The lowest BCUT2D eigenvalue weighted by atomic mass is 10.1. The molecule has 0 radical (unpaired) electrons. The fourth-order valence-corrected chi connectivity index (χ4v) is 3.04. The van der Waals surface area contributed by atoms with E-state index in [4.69, 9.17) is 9.05 Å². The first kappa shape index (κ1) is 11.3. The van der Waals surface area contributed by atoms with E-state index in [9.17, 15) is 4.57 Å². The smallest absolute Gasteiger partial charge is 0.309 e. The Hall–Kier alpha value is -0.220. The summed E-state index contributed by atoms with van der Waals surface area (Å²) in [6, 6.07) is 1.92. The van der Waals surface area contributed by atoms with Crippen molar-refractivity contribution in [3.63, 3.8) is 0 Å². The molecule has 0 bridgehead atoms. The van der Waals surface area contributed by atoms with Crippen LogP contribution in [0.5, 0.6) is 0 Å². The van der Waals surface area contributed by atoms with Crippen molar-refractivity contribution in [2.24, 2.45) is 0 Å². The molecule has 4 nitrogen and oxygen atoms in total. The minimum Gasteiger partial charge on any atom is -0.309 e. The average Bonchev–Trinajstić information content (AvgIpc) is 2.16. The van der Waals surface area contributed by atoms with Gasteiger partial charge in [0.05, 0.1) is 12.7 Å². The topological polar surface area (TPSA) is 48.4 Å². The Morgan fingerprint density at radius 1 is 1.60 bits per heavy atom. The second-order valence-corrected chi connectivity index (χ2v) is 6.35. The molecule has 6 heteroatoms. The maximum Gasteiger partial charge on any atom is 0.328 e. The second kappa shape index (κ2) is 4.34. The maximum absolute atomic E-state index is 11.6. The van der Waals surface area contributed by atoms with Gasteiger partial charge >= 0.3 is 7.60 Å². The van der Waals surface area contributed by atoms with Crippen molar-refractivity contribution in [2.45, 2.75) is 12.5 Å². The zero-order valence-electron chi connectivity index (χ0n) is 8.22. The summed E-state index contributed by atoms with van der Waals surface area (Å²) in [5.41, 5.74) is 0.926. The highest BCUT2D eigenvalue weighted by Gasteiger charge is 2.29. The van der Waals surface area contributed by atoms with Gasteiger partial charge in [0.2, 0.25) is 0 Å². The van der Waals surface area contributed by atoms with E-state index in [1.54, 1.807) is 12.4 Å². The number of halogens is 1. The Morgan fingerprint density at radius 3 is 3.07 bits per heavy atom. The first-order valence-electron chi connectivity index (χ1n) is 4.58. The summed E-state index contributed by atoms with van der Waals surface area (Å²) < 4.78 is 23.0. The number of rotatable bonds is 1. The van der Waals surface area contributed by atoms with E-state index in [0.29, 0.717) is 13.0 Å². The highest BCUT2D eigenvalue weighted by molar-refractivity contribution is 9.10. The number of hydrogen-bond donors (Lipinski definition) is 0. The molecule has 2 atom stereocenters. The first-order valence-corrected chi connectivity index (χ1v) is 7.36.